The van der Waals surface area contributed by atoms with Crippen molar-refractivity contribution in [3.05, 3.63) is 24.3 Å². The molecule has 0 heterocycles. The van der Waals surface area contributed by atoms with E-state index < -0.39 is 5.60 Å². The van der Waals surface area contributed by atoms with E-state index in [1.165, 1.54) is 0 Å². The largest absolute Gasteiger partial charge is 0.460 e. The van der Waals surface area contributed by atoms with Crippen LogP contribution in [0.3, 0.4) is 0 Å². The Morgan fingerprint density at radius 2 is 2.00 bits per heavy atom. The van der Waals surface area contributed by atoms with Crippen molar-refractivity contribution in [1.29, 1.82) is 0 Å². The van der Waals surface area contributed by atoms with Crippen molar-refractivity contribution in [2.45, 2.75) is 47.1 Å². The number of rotatable bonds is 6. The Labute approximate surface area is 127 Å². The summed E-state index contributed by atoms with van der Waals surface area (Å²) in [7, 11) is 0. The van der Waals surface area contributed by atoms with Crippen molar-refractivity contribution >= 4 is 12.2 Å². The number of nitrogens with zero attached hydrogens (tertiary/aromatic N) is 1. The van der Waals surface area contributed by atoms with Crippen LogP contribution in [-0.4, -0.2) is 24.4 Å². The summed E-state index contributed by atoms with van der Waals surface area (Å²) in [5.74, 6) is -0.0335. The highest BCUT2D eigenvalue weighted by Crippen LogP contribution is 2.60. The fraction of sp³-hybridized carbons (Fsp3) is 0.647. The Morgan fingerprint density at radius 1 is 1.38 bits per heavy atom. The standard InChI is InChI=1S/C17H27NO3/c1-8-9-20-18-11-12(2)10-13-14(17(13,6)7)15(19)21-16(3,4)5/h8,10-11,13-14H,1,9H2,2-7H3/b12-10+,18-11+. The molecule has 0 aromatic carbocycles. The molecular weight excluding hydrogens is 266 g/mol. The summed E-state index contributed by atoms with van der Waals surface area (Å²) in [5, 5.41) is 3.84. The summed E-state index contributed by atoms with van der Waals surface area (Å²) in [6.45, 7) is 15.7. The van der Waals surface area contributed by atoms with Gasteiger partial charge in [-0.2, -0.15) is 0 Å². The smallest absolute Gasteiger partial charge is 0.310 e. The number of carbonyl (C=O) groups is 1. The van der Waals surface area contributed by atoms with Crippen molar-refractivity contribution in [2.75, 3.05) is 6.61 Å². The molecule has 0 aromatic heterocycles. The molecule has 2 atom stereocenters. The van der Waals surface area contributed by atoms with Gasteiger partial charge in [0.05, 0.1) is 12.1 Å². The van der Waals surface area contributed by atoms with Crippen LogP contribution in [0.2, 0.25) is 0 Å². The molecule has 0 saturated heterocycles. The molecule has 4 nitrogen and oxygen atoms in total. The average Bonchev–Trinajstić information content (AvgIpc) is 2.84. The molecule has 0 aliphatic heterocycles. The summed E-state index contributed by atoms with van der Waals surface area (Å²) < 4.78 is 5.48. The molecule has 1 aliphatic rings. The van der Waals surface area contributed by atoms with Gasteiger partial charge >= 0.3 is 5.97 Å². The summed E-state index contributed by atoms with van der Waals surface area (Å²) in [5.41, 5.74) is 0.460. The van der Waals surface area contributed by atoms with E-state index in [1.807, 2.05) is 27.7 Å². The van der Waals surface area contributed by atoms with Crippen LogP contribution in [0.1, 0.15) is 41.5 Å². The zero-order valence-corrected chi connectivity index (χ0v) is 14.0. The van der Waals surface area contributed by atoms with Gasteiger partial charge < -0.3 is 9.57 Å². The summed E-state index contributed by atoms with van der Waals surface area (Å²) in [4.78, 5) is 17.2. The first-order chi connectivity index (χ1) is 9.59. The van der Waals surface area contributed by atoms with Crippen LogP contribution in [0.4, 0.5) is 0 Å². The highest BCUT2D eigenvalue weighted by molar-refractivity contribution is 5.81. The van der Waals surface area contributed by atoms with E-state index in [0.29, 0.717) is 6.61 Å². The van der Waals surface area contributed by atoms with Crippen LogP contribution in [0.15, 0.2) is 29.5 Å². The molecule has 0 bridgehead atoms. The van der Waals surface area contributed by atoms with Crippen molar-refractivity contribution < 1.29 is 14.4 Å². The zero-order valence-electron chi connectivity index (χ0n) is 14.0. The van der Waals surface area contributed by atoms with E-state index in [0.717, 1.165) is 5.57 Å². The molecule has 0 radical (unpaired) electrons. The Balaban J connectivity index is 2.65. The predicted octanol–water partition coefficient (Wildman–Crippen LogP) is 3.74. The minimum absolute atomic E-state index is 0.0700. The number of esters is 1. The minimum Gasteiger partial charge on any atom is -0.460 e. The highest BCUT2D eigenvalue weighted by Gasteiger charge is 2.61. The monoisotopic (exact) mass is 293 g/mol. The van der Waals surface area contributed by atoms with Crippen LogP contribution < -0.4 is 0 Å². The van der Waals surface area contributed by atoms with Crippen molar-refractivity contribution in [1.82, 2.24) is 0 Å². The van der Waals surface area contributed by atoms with Gasteiger partial charge in [0, 0.05) is 0 Å². The molecular formula is C17H27NO3. The first-order valence-corrected chi connectivity index (χ1v) is 7.27. The fourth-order valence-corrected chi connectivity index (χ4v) is 2.35. The molecule has 118 valence electrons. The Hall–Kier alpha value is -1.58. The molecule has 0 N–H and O–H groups in total. The average molecular weight is 293 g/mol. The van der Waals surface area contributed by atoms with Crippen molar-refractivity contribution in [3.8, 4) is 0 Å². The maximum absolute atomic E-state index is 12.2. The van der Waals surface area contributed by atoms with Crippen LogP contribution in [0.25, 0.3) is 0 Å². The Bertz CT molecular complexity index is 455. The fourth-order valence-electron chi connectivity index (χ4n) is 2.35. The lowest BCUT2D eigenvalue weighted by atomic mass is 10.1. The van der Waals surface area contributed by atoms with Gasteiger partial charge in [0.25, 0.3) is 0 Å². The third-order valence-electron chi connectivity index (χ3n) is 3.54. The van der Waals surface area contributed by atoms with Crippen molar-refractivity contribution in [3.63, 3.8) is 0 Å². The molecule has 1 rings (SSSR count). The molecule has 0 spiro atoms. The summed E-state index contributed by atoms with van der Waals surface area (Å²) >= 11 is 0. The molecule has 2 unspecified atom stereocenters. The lowest BCUT2D eigenvalue weighted by Gasteiger charge is -2.19. The second-order valence-corrected chi connectivity index (χ2v) is 7.09. The molecule has 1 saturated carbocycles. The van der Waals surface area contributed by atoms with Gasteiger partial charge in [-0.1, -0.05) is 37.7 Å². The van der Waals surface area contributed by atoms with E-state index >= 15 is 0 Å². The molecule has 4 heteroatoms. The van der Waals surface area contributed by atoms with Gasteiger partial charge in [0.15, 0.2) is 0 Å². The number of hydrogen-bond acceptors (Lipinski definition) is 4. The summed E-state index contributed by atoms with van der Waals surface area (Å²) in [6, 6.07) is 0. The second-order valence-electron chi connectivity index (χ2n) is 7.09. The highest BCUT2D eigenvalue weighted by atomic mass is 16.6. The molecule has 21 heavy (non-hydrogen) atoms. The maximum Gasteiger partial charge on any atom is 0.310 e. The number of allylic oxidation sites excluding steroid dienone is 2. The quantitative estimate of drug-likeness (QED) is 0.246. The minimum atomic E-state index is -0.445. The topological polar surface area (TPSA) is 47.9 Å². The Kier molecular flexibility index (Phi) is 5.37. The van der Waals surface area contributed by atoms with E-state index in [1.54, 1.807) is 12.3 Å². The number of oxime groups is 1. The number of hydrogen-bond donors (Lipinski definition) is 0. The van der Waals surface area contributed by atoms with Gasteiger partial charge in [0.2, 0.25) is 0 Å². The maximum atomic E-state index is 12.2. The van der Waals surface area contributed by atoms with Gasteiger partial charge in [0.1, 0.15) is 12.2 Å². The van der Waals surface area contributed by atoms with E-state index in [2.05, 4.69) is 31.7 Å². The first kappa shape index (κ1) is 17.5. The number of ether oxygens (including phenoxy) is 1. The predicted molar refractivity (Wildman–Crippen MR) is 85.0 cm³/mol. The Morgan fingerprint density at radius 3 is 2.52 bits per heavy atom. The SMILES string of the molecule is C=CCO/N=C/C(C)=C/C1C(C(=O)OC(C)(C)C)C1(C)C. The van der Waals surface area contributed by atoms with E-state index in [-0.39, 0.29) is 23.2 Å². The third-order valence-corrected chi connectivity index (χ3v) is 3.54. The number of carbonyl (C=O) groups excluding carboxylic acids is 1. The van der Waals surface area contributed by atoms with Gasteiger partial charge in [-0.15, -0.1) is 0 Å². The molecule has 0 aromatic rings. The van der Waals surface area contributed by atoms with Crippen LogP contribution >= 0.6 is 0 Å². The summed E-state index contributed by atoms with van der Waals surface area (Å²) in [6.07, 6.45) is 5.36. The lowest BCUT2D eigenvalue weighted by molar-refractivity contribution is -0.157. The van der Waals surface area contributed by atoms with Crippen LogP contribution in [0.5, 0.6) is 0 Å². The van der Waals surface area contributed by atoms with Crippen molar-refractivity contribution in [2.24, 2.45) is 22.4 Å². The third kappa shape index (κ3) is 5.03. The van der Waals surface area contributed by atoms with Crippen LogP contribution in [-0.2, 0) is 14.4 Å². The first-order valence-electron chi connectivity index (χ1n) is 7.27. The van der Waals surface area contributed by atoms with E-state index in [4.69, 9.17) is 9.57 Å². The molecule has 1 aliphatic carbocycles. The van der Waals surface area contributed by atoms with Gasteiger partial charge in [-0.25, -0.2) is 0 Å². The molecule has 0 amide bonds. The van der Waals surface area contributed by atoms with Gasteiger partial charge in [-0.05, 0) is 44.6 Å². The molecule has 1 fully saturated rings. The van der Waals surface area contributed by atoms with Gasteiger partial charge in [-0.3, -0.25) is 4.79 Å². The zero-order chi connectivity index (χ0) is 16.3. The normalized spacial score (nSPS) is 24.8. The van der Waals surface area contributed by atoms with Crippen LogP contribution in [0, 0.1) is 17.3 Å². The second kappa shape index (κ2) is 6.46. The lowest BCUT2D eigenvalue weighted by Crippen LogP contribution is -2.26. The van der Waals surface area contributed by atoms with E-state index in [9.17, 15) is 4.79 Å².